The molecule has 0 aromatic carbocycles. The Balaban J connectivity index is 0. The predicted octanol–water partition coefficient (Wildman–Crippen LogP) is 5.88. The van der Waals surface area contributed by atoms with Gasteiger partial charge in [0.15, 0.2) is 0 Å². The quantitative estimate of drug-likeness (QED) is 0.244. The summed E-state index contributed by atoms with van der Waals surface area (Å²) in [4.78, 5) is 10.3. The molecule has 123 valence electrons. The summed E-state index contributed by atoms with van der Waals surface area (Å²) in [5, 5.41) is 8.50. The van der Waals surface area contributed by atoms with Crippen molar-refractivity contribution in [3.63, 3.8) is 0 Å². The Hall–Kier alpha value is -0.531. The normalized spacial score (nSPS) is 11.1. The number of carboxylic acids is 1. The number of rotatable bonds is 14. The van der Waals surface area contributed by atoms with E-state index < -0.39 is 5.97 Å². The second-order valence-corrected chi connectivity index (χ2v) is 5.37. The minimum absolute atomic E-state index is 0. The Labute approximate surface area is 141 Å². The molecule has 3 heteroatoms. The van der Waals surface area contributed by atoms with Crippen LogP contribution in [0.5, 0.6) is 0 Å². The van der Waals surface area contributed by atoms with Crippen molar-refractivity contribution in [1.29, 1.82) is 0 Å². The molecule has 0 aliphatic heterocycles. The van der Waals surface area contributed by atoms with Gasteiger partial charge in [0.05, 0.1) is 0 Å². The largest absolute Gasteiger partial charge is 0.481 e. The number of unbranched alkanes of at least 4 members (excludes halogenated alkanes) is 8. The van der Waals surface area contributed by atoms with Gasteiger partial charge in [-0.2, -0.15) is 0 Å². The zero-order valence-corrected chi connectivity index (χ0v) is 14.7. The van der Waals surface area contributed by atoms with Crippen LogP contribution in [-0.4, -0.2) is 11.1 Å². The summed E-state index contributed by atoms with van der Waals surface area (Å²) in [5.41, 5.74) is 0. The molecule has 0 saturated heterocycles. The van der Waals surface area contributed by atoms with Gasteiger partial charge in [0, 0.05) is 23.5 Å². The molecular formula is C18H32MnO2. The Kier molecular flexibility index (Phi) is 21.1. The van der Waals surface area contributed by atoms with E-state index in [4.69, 9.17) is 5.11 Å². The number of carbonyl (C=O) groups is 1. The Bertz CT molecular complexity index is 272. The maximum atomic E-state index is 10.3. The standard InChI is InChI=1S/C18H32O2.Mn/c1-2-3-4-5-6-7-8-9-10-11-12-13-14-15-16-17-18(19)20;/h6-7,9-10H,2-5,8,11-17H2,1H3,(H,19,20);/b7-6-,10-9-;. The maximum absolute atomic E-state index is 10.3. The predicted molar refractivity (Wildman–Crippen MR) is 87.0 cm³/mol. The number of aliphatic carboxylic acids is 1. The zero-order chi connectivity index (χ0) is 14.9. The van der Waals surface area contributed by atoms with Crippen molar-refractivity contribution in [3.8, 4) is 0 Å². The molecule has 0 aromatic heterocycles. The molecule has 0 aliphatic carbocycles. The molecule has 0 rings (SSSR count). The molecule has 0 spiro atoms. The van der Waals surface area contributed by atoms with E-state index in [1.54, 1.807) is 0 Å². The average Bonchev–Trinajstić information content (AvgIpc) is 2.43. The van der Waals surface area contributed by atoms with E-state index in [9.17, 15) is 4.79 Å². The summed E-state index contributed by atoms with van der Waals surface area (Å²) >= 11 is 0. The molecule has 0 aromatic rings. The molecule has 21 heavy (non-hydrogen) atoms. The van der Waals surface area contributed by atoms with Crippen LogP contribution in [0.4, 0.5) is 0 Å². The third kappa shape index (κ3) is 21.9. The third-order valence-corrected chi connectivity index (χ3v) is 3.34. The van der Waals surface area contributed by atoms with Gasteiger partial charge >= 0.3 is 5.97 Å². The van der Waals surface area contributed by atoms with E-state index >= 15 is 0 Å². The van der Waals surface area contributed by atoms with E-state index in [-0.39, 0.29) is 17.1 Å². The fraction of sp³-hybridized carbons (Fsp3) is 0.722. The van der Waals surface area contributed by atoms with Gasteiger partial charge in [-0.05, 0) is 38.5 Å². The van der Waals surface area contributed by atoms with E-state index in [1.807, 2.05) is 0 Å². The van der Waals surface area contributed by atoms with Gasteiger partial charge in [0.25, 0.3) is 0 Å². The van der Waals surface area contributed by atoms with Crippen molar-refractivity contribution in [3.05, 3.63) is 24.3 Å². The van der Waals surface area contributed by atoms with Gasteiger partial charge in [-0.25, -0.2) is 0 Å². The van der Waals surface area contributed by atoms with Crippen LogP contribution in [-0.2, 0) is 21.9 Å². The average molecular weight is 335 g/mol. The summed E-state index contributed by atoms with van der Waals surface area (Å²) in [6, 6.07) is 0. The summed E-state index contributed by atoms with van der Waals surface area (Å²) in [7, 11) is 0. The van der Waals surface area contributed by atoms with Crippen molar-refractivity contribution >= 4 is 5.97 Å². The van der Waals surface area contributed by atoms with Crippen molar-refractivity contribution in [1.82, 2.24) is 0 Å². The molecule has 0 amide bonds. The number of allylic oxidation sites excluding steroid dienone is 4. The maximum Gasteiger partial charge on any atom is 0.303 e. The second kappa shape index (κ2) is 19.5. The molecule has 1 N–H and O–H groups in total. The first-order chi connectivity index (χ1) is 9.77. The van der Waals surface area contributed by atoms with Gasteiger partial charge in [0.2, 0.25) is 0 Å². The van der Waals surface area contributed by atoms with E-state index in [0.717, 1.165) is 25.7 Å². The van der Waals surface area contributed by atoms with Crippen LogP contribution in [0, 0.1) is 0 Å². The van der Waals surface area contributed by atoms with Crippen LogP contribution >= 0.6 is 0 Å². The smallest absolute Gasteiger partial charge is 0.303 e. The van der Waals surface area contributed by atoms with Gasteiger partial charge < -0.3 is 5.11 Å². The molecule has 2 nitrogen and oxygen atoms in total. The summed E-state index contributed by atoms with van der Waals surface area (Å²) in [6.45, 7) is 2.23. The van der Waals surface area contributed by atoms with Gasteiger partial charge in [-0.3, -0.25) is 4.79 Å². The molecule has 0 fully saturated rings. The minimum Gasteiger partial charge on any atom is -0.481 e. The first-order valence-corrected chi connectivity index (χ1v) is 8.29. The third-order valence-electron chi connectivity index (χ3n) is 3.34. The first kappa shape index (κ1) is 22.7. The molecule has 0 unspecified atom stereocenters. The van der Waals surface area contributed by atoms with Crippen LogP contribution in [0.25, 0.3) is 0 Å². The first-order valence-electron chi connectivity index (χ1n) is 8.29. The van der Waals surface area contributed by atoms with Crippen LogP contribution in [0.2, 0.25) is 0 Å². The number of hydrogen-bond acceptors (Lipinski definition) is 1. The van der Waals surface area contributed by atoms with Crippen LogP contribution in [0.15, 0.2) is 24.3 Å². The molecule has 0 atom stereocenters. The molecule has 0 heterocycles. The van der Waals surface area contributed by atoms with E-state index in [1.165, 1.54) is 44.9 Å². The summed E-state index contributed by atoms with van der Waals surface area (Å²) < 4.78 is 0. The van der Waals surface area contributed by atoms with Crippen LogP contribution in [0.1, 0.15) is 84.0 Å². The topological polar surface area (TPSA) is 37.3 Å². The van der Waals surface area contributed by atoms with Crippen molar-refractivity contribution < 1.29 is 27.0 Å². The summed E-state index contributed by atoms with van der Waals surface area (Å²) in [6.07, 6.45) is 22.3. The van der Waals surface area contributed by atoms with E-state index in [0.29, 0.717) is 6.42 Å². The van der Waals surface area contributed by atoms with Gasteiger partial charge in [0.1, 0.15) is 0 Å². The SMILES string of the molecule is CCCCC/C=C\C/C=C\CCCCCCCC(=O)O.[Mn]. The van der Waals surface area contributed by atoms with E-state index in [2.05, 4.69) is 31.2 Å². The van der Waals surface area contributed by atoms with Crippen molar-refractivity contribution in [2.24, 2.45) is 0 Å². The molecule has 0 saturated carbocycles. The minimum atomic E-state index is -0.671. The Morgan fingerprint density at radius 2 is 1.33 bits per heavy atom. The van der Waals surface area contributed by atoms with Crippen LogP contribution < -0.4 is 0 Å². The Morgan fingerprint density at radius 1 is 0.810 bits per heavy atom. The number of carboxylic acid groups (broad SMARTS) is 1. The Morgan fingerprint density at radius 3 is 1.90 bits per heavy atom. The van der Waals surface area contributed by atoms with Crippen LogP contribution in [0.3, 0.4) is 0 Å². The second-order valence-electron chi connectivity index (χ2n) is 5.37. The zero-order valence-electron chi connectivity index (χ0n) is 13.5. The molecule has 0 aliphatic rings. The van der Waals surface area contributed by atoms with Crippen molar-refractivity contribution in [2.45, 2.75) is 84.0 Å². The molecular weight excluding hydrogens is 303 g/mol. The van der Waals surface area contributed by atoms with Gasteiger partial charge in [-0.1, -0.05) is 63.3 Å². The molecule has 0 bridgehead atoms. The molecule has 1 radical (unpaired) electrons. The number of hydrogen-bond donors (Lipinski definition) is 1. The fourth-order valence-electron chi connectivity index (χ4n) is 2.09. The van der Waals surface area contributed by atoms with Crippen molar-refractivity contribution in [2.75, 3.05) is 0 Å². The fourth-order valence-corrected chi connectivity index (χ4v) is 2.09. The monoisotopic (exact) mass is 335 g/mol. The van der Waals surface area contributed by atoms with Gasteiger partial charge in [-0.15, -0.1) is 0 Å². The summed E-state index contributed by atoms with van der Waals surface area (Å²) in [5.74, 6) is -0.671.